The first-order valence-corrected chi connectivity index (χ1v) is 10.0. The Bertz CT molecular complexity index is 757. The number of likely N-dealkylation sites (tertiary alicyclic amines) is 1. The molecule has 1 aromatic carbocycles. The Morgan fingerprint density at radius 1 is 1.14 bits per heavy atom. The smallest absolute Gasteiger partial charge is 0.410 e. The lowest BCUT2D eigenvalue weighted by Crippen LogP contribution is -2.51. The van der Waals surface area contributed by atoms with Crippen molar-refractivity contribution in [1.29, 1.82) is 0 Å². The standard InChI is InChI=1S/C21H29N3O5/c1-21(2,3)29-20(27)24-11-5-4-6-17(24)19(26)22-15-7-9-16(10-8-15)23-12-13-28-14-18(23)25/h7-10,17H,4-6,11-14H2,1-3H3,(H,22,26)/t17-/m1/s1. The number of nitrogens with one attached hydrogen (secondary N) is 1. The third-order valence-corrected chi connectivity index (χ3v) is 4.87. The van der Waals surface area contributed by atoms with Crippen molar-refractivity contribution >= 4 is 29.3 Å². The van der Waals surface area contributed by atoms with Gasteiger partial charge in [0.05, 0.1) is 6.61 Å². The quantitative estimate of drug-likeness (QED) is 0.838. The third-order valence-electron chi connectivity index (χ3n) is 4.87. The maximum atomic E-state index is 12.8. The lowest BCUT2D eigenvalue weighted by molar-refractivity contribution is -0.125. The second-order valence-corrected chi connectivity index (χ2v) is 8.32. The molecule has 0 bridgehead atoms. The highest BCUT2D eigenvalue weighted by Gasteiger charge is 2.34. The van der Waals surface area contributed by atoms with Crippen LogP contribution < -0.4 is 10.2 Å². The molecule has 0 spiro atoms. The summed E-state index contributed by atoms with van der Waals surface area (Å²) < 4.78 is 10.6. The first-order chi connectivity index (χ1) is 13.7. The Morgan fingerprint density at radius 2 is 1.86 bits per heavy atom. The van der Waals surface area contributed by atoms with Gasteiger partial charge < -0.3 is 19.7 Å². The van der Waals surface area contributed by atoms with Crippen LogP contribution in [0, 0.1) is 0 Å². The molecule has 0 unspecified atom stereocenters. The van der Waals surface area contributed by atoms with E-state index in [-0.39, 0.29) is 18.4 Å². The van der Waals surface area contributed by atoms with Crippen LogP contribution in [0.3, 0.4) is 0 Å². The number of nitrogens with zero attached hydrogens (tertiary/aromatic N) is 2. The summed E-state index contributed by atoms with van der Waals surface area (Å²) in [6.45, 7) is 7.04. The number of hydrogen-bond acceptors (Lipinski definition) is 5. The SMILES string of the molecule is CC(C)(C)OC(=O)N1CCCC[C@@H]1C(=O)Nc1ccc(N2CCOCC2=O)cc1. The molecule has 2 aliphatic rings. The fourth-order valence-corrected chi connectivity index (χ4v) is 3.48. The molecule has 0 radical (unpaired) electrons. The van der Waals surface area contributed by atoms with Gasteiger partial charge in [-0.15, -0.1) is 0 Å². The average Bonchev–Trinajstić information content (AvgIpc) is 2.68. The maximum Gasteiger partial charge on any atom is 0.410 e. The predicted octanol–water partition coefficient (Wildman–Crippen LogP) is 2.78. The molecule has 3 amide bonds. The van der Waals surface area contributed by atoms with E-state index in [1.165, 1.54) is 4.90 Å². The zero-order valence-corrected chi connectivity index (χ0v) is 17.3. The summed E-state index contributed by atoms with van der Waals surface area (Å²) in [5.74, 6) is -0.311. The molecule has 8 heteroatoms. The summed E-state index contributed by atoms with van der Waals surface area (Å²) in [6.07, 6.45) is 1.88. The topological polar surface area (TPSA) is 88.2 Å². The molecule has 1 atom stereocenters. The minimum atomic E-state index is -0.609. The summed E-state index contributed by atoms with van der Waals surface area (Å²) in [7, 11) is 0. The van der Waals surface area contributed by atoms with Crippen LogP contribution in [0.15, 0.2) is 24.3 Å². The molecular formula is C21H29N3O5. The van der Waals surface area contributed by atoms with Crippen LogP contribution in [0.2, 0.25) is 0 Å². The normalized spacial score (nSPS) is 20.4. The lowest BCUT2D eigenvalue weighted by Gasteiger charge is -2.35. The molecule has 158 valence electrons. The van der Waals surface area contributed by atoms with Gasteiger partial charge in [0.1, 0.15) is 18.2 Å². The summed E-state index contributed by atoms with van der Waals surface area (Å²) in [5, 5.41) is 2.88. The fourth-order valence-electron chi connectivity index (χ4n) is 3.48. The van der Waals surface area contributed by atoms with Crippen molar-refractivity contribution in [2.75, 3.05) is 36.5 Å². The van der Waals surface area contributed by atoms with Crippen molar-refractivity contribution in [3.63, 3.8) is 0 Å². The second kappa shape index (κ2) is 8.82. The Hall–Kier alpha value is -2.61. The van der Waals surface area contributed by atoms with Gasteiger partial charge in [-0.3, -0.25) is 14.5 Å². The van der Waals surface area contributed by atoms with Crippen molar-refractivity contribution < 1.29 is 23.9 Å². The van der Waals surface area contributed by atoms with Gasteiger partial charge in [0, 0.05) is 24.5 Å². The third kappa shape index (κ3) is 5.47. The van der Waals surface area contributed by atoms with Crippen molar-refractivity contribution in [3.05, 3.63) is 24.3 Å². The average molecular weight is 403 g/mol. The van der Waals surface area contributed by atoms with Gasteiger partial charge in [-0.2, -0.15) is 0 Å². The van der Waals surface area contributed by atoms with Crippen LogP contribution in [-0.2, 0) is 19.1 Å². The van der Waals surface area contributed by atoms with Crippen LogP contribution >= 0.6 is 0 Å². The molecule has 2 saturated heterocycles. The number of piperidine rings is 1. The molecule has 2 fully saturated rings. The number of morpholine rings is 1. The van der Waals surface area contributed by atoms with Crippen molar-refractivity contribution in [3.8, 4) is 0 Å². The molecule has 2 aliphatic heterocycles. The number of amides is 3. The minimum Gasteiger partial charge on any atom is -0.444 e. The molecule has 0 saturated carbocycles. The van der Waals surface area contributed by atoms with E-state index in [9.17, 15) is 14.4 Å². The molecule has 3 rings (SSSR count). The van der Waals surface area contributed by atoms with Gasteiger partial charge in [0.15, 0.2) is 0 Å². The van der Waals surface area contributed by atoms with E-state index in [0.717, 1.165) is 18.5 Å². The molecule has 8 nitrogen and oxygen atoms in total. The van der Waals surface area contributed by atoms with Crippen LogP contribution in [0.25, 0.3) is 0 Å². The van der Waals surface area contributed by atoms with E-state index in [1.54, 1.807) is 29.2 Å². The van der Waals surface area contributed by atoms with Gasteiger partial charge in [-0.25, -0.2) is 4.79 Å². The Morgan fingerprint density at radius 3 is 2.52 bits per heavy atom. The van der Waals surface area contributed by atoms with Gasteiger partial charge in [-0.05, 0) is 64.3 Å². The highest BCUT2D eigenvalue weighted by atomic mass is 16.6. The molecule has 0 aromatic heterocycles. The van der Waals surface area contributed by atoms with E-state index >= 15 is 0 Å². The number of hydrogen-bond donors (Lipinski definition) is 1. The van der Waals surface area contributed by atoms with Gasteiger partial charge in [0.25, 0.3) is 5.91 Å². The number of ether oxygens (including phenoxy) is 2. The maximum absolute atomic E-state index is 12.8. The summed E-state index contributed by atoms with van der Waals surface area (Å²) in [5.41, 5.74) is 0.779. The number of carbonyl (C=O) groups is 3. The van der Waals surface area contributed by atoms with Crippen LogP contribution in [-0.4, -0.2) is 60.8 Å². The number of benzene rings is 1. The molecular weight excluding hydrogens is 374 g/mol. The monoisotopic (exact) mass is 403 g/mol. The molecule has 2 heterocycles. The first kappa shape index (κ1) is 21.1. The van der Waals surface area contributed by atoms with E-state index in [0.29, 0.717) is 31.8 Å². The number of anilines is 2. The zero-order chi connectivity index (χ0) is 21.0. The zero-order valence-electron chi connectivity index (χ0n) is 17.3. The molecule has 1 aromatic rings. The Balaban J connectivity index is 1.65. The lowest BCUT2D eigenvalue weighted by atomic mass is 10.0. The van der Waals surface area contributed by atoms with E-state index in [1.807, 2.05) is 20.8 Å². The highest BCUT2D eigenvalue weighted by Crippen LogP contribution is 2.23. The van der Waals surface area contributed by atoms with Crippen molar-refractivity contribution in [2.45, 2.75) is 51.7 Å². The van der Waals surface area contributed by atoms with E-state index < -0.39 is 17.7 Å². The Labute approximate surface area is 171 Å². The highest BCUT2D eigenvalue weighted by molar-refractivity contribution is 5.98. The van der Waals surface area contributed by atoms with Crippen LogP contribution in [0.4, 0.5) is 16.2 Å². The predicted molar refractivity (Wildman–Crippen MR) is 109 cm³/mol. The second-order valence-electron chi connectivity index (χ2n) is 8.32. The molecule has 29 heavy (non-hydrogen) atoms. The Kier molecular flexibility index (Phi) is 6.42. The fraction of sp³-hybridized carbons (Fsp3) is 0.571. The first-order valence-electron chi connectivity index (χ1n) is 10.0. The number of rotatable bonds is 3. The van der Waals surface area contributed by atoms with Crippen molar-refractivity contribution in [1.82, 2.24) is 4.90 Å². The van der Waals surface area contributed by atoms with Gasteiger partial charge in [0.2, 0.25) is 5.91 Å². The van der Waals surface area contributed by atoms with Crippen LogP contribution in [0.1, 0.15) is 40.0 Å². The summed E-state index contributed by atoms with van der Waals surface area (Å²) >= 11 is 0. The molecule has 1 N–H and O–H groups in total. The van der Waals surface area contributed by atoms with Gasteiger partial charge in [-0.1, -0.05) is 0 Å². The largest absolute Gasteiger partial charge is 0.444 e. The number of carbonyl (C=O) groups excluding carboxylic acids is 3. The summed E-state index contributed by atoms with van der Waals surface area (Å²) in [4.78, 5) is 40.5. The van der Waals surface area contributed by atoms with E-state index in [2.05, 4.69) is 5.32 Å². The minimum absolute atomic E-state index is 0.0803. The summed E-state index contributed by atoms with van der Waals surface area (Å²) in [6, 6.07) is 6.56. The van der Waals surface area contributed by atoms with Crippen molar-refractivity contribution in [2.24, 2.45) is 0 Å². The molecule has 0 aliphatic carbocycles. The van der Waals surface area contributed by atoms with Gasteiger partial charge >= 0.3 is 6.09 Å². The van der Waals surface area contributed by atoms with E-state index in [4.69, 9.17) is 9.47 Å². The van der Waals surface area contributed by atoms with Crippen LogP contribution in [0.5, 0.6) is 0 Å².